The summed E-state index contributed by atoms with van der Waals surface area (Å²) in [5.41, 5.74) is 6.95. The lowest BCUT2D eigenvalue weighted by atomic mass is 9.98. The molecule has 0 spiro atoms. The fourth-order valence-corrected chi connectivity index (χ4v) is 6.60. The third-order valence-corrected chi connectivity index (χ3v) is 9.07. The van der Waals surface area contributed by atoms with Crippen molar-refractivity contribution in [2.45, 2.75) is 52.1 Å². The van der Waals surface area contributed by atoms with Gasteiger partial charge in [0, 0.05) is 35.4 Å². The Morgan fingerprint density at radius 2 is 2.00 bits per heavy atom. The maximum Gasteiger partial charge on any atom is 0.351 e. The number of pyridine rings is 1. The van der Waals surface area contributed by atoms with E-state index in [1.165, 1.54) is 11.3 Å². The molecule has 0 fully saturated rings. The molecule has 236 valence electrons. The molecule has 1 aromatic carbocycles. The van der Waals surface area contributed by atoms with Crippen molar-refractivity contribution in [1.82, 2.24) is 15.3 Å². The van der Waals surface area contributed by atoms with Crippen LogP contribution in [0.2, 0.25) is 5.02 Å². The van der Waals surface area contributed by atoms with Gasteiger partial charge in [-0.2, -0.15) is 0 Å². The van der Waals surface area contributed by atoms with Gasteiger partial charge in [0.15, 0.2) is 0 Å². The van der Waals surface area contributed by atoms with Crippen LogP contribution in [0.15, 0.2) is 56.6 Å². The minimum atomic E-state index is -0.679. The number of carbonyl (C=O) groups excluding carboxylic acids is 2. The topological polar surface area (TPSA) is 127 Å². The van der Waals surface area contributed by atoms with Gasteiger partial charge in [-0.05, 0) is 86.9 Å². The van der Waals surface area contributed by atoms with Crippen LogP contribution in [0.4, 0.5) is 5.69 Å². The number of ether oxygens (including phenoxy) is 2. The van der Waals surface area contributed by atoms with E-state index in [2.05, 4.69) is 21.8 Å². The summed E-state index contributed by atoms with van der Waals surface area (Å²) in [5, 5.41) is 7.85. The van der Waals surface area contributed by atoms with Crippen LogP contribution in [0.25, 0.3) is 11.1 Å². The van der Waals surface area contributed by atoms with Gasteiger partial charge in [0.1, 0.15) is 17.1 Å². The van der Waals surface area contributed by atoms with Crippen molar-refractivity contribution in [3.8, 4) is 11.1 Å². The number of halogens is 1. The van der Waals surface area contributed by atoms with Gasteiger partial charge in [-0.25, -0.2) is 10.2 Å². The number of anilines is 1. The number of benzene rings is 1. The molecule has 45 heavy (non-hydrogen) atoms. The molecule has 3 aliphatic heterocycles. The van der Waals surface area contributed by atoms with E-state index in [0.717, 1.165) is 66.3 Å². The summed E-state index contributed by atoms with van der Waals surface area (Å²) in [6.45, 7) is 6.78. The lowest BCUT2D eigenvalue weighted by Gasteiger charge is -2.23. The number of hydrazine groups is 1. The maximum atomic E-state index is 13.6. The van der Waals surface area contributed by atoms with Gasteiger partial charge in [0.2, 0.25) is 6.79 Å². The molecule has 2 unspecified atom stereocenters. The van der Waals surface area contributed by atoms with E-state index in [1.54, 1.807) is 39.2 Å². The van der Waals surface area contributed by atoms with Crippen LogP contribution in [0, 0.1) is 5.41 Å². The third-order valence-electron chi connectivity index (χ3n) is 7.90. The van der Waals surface area contributed by atoms with E-state index in [9.17, 15) is 14.4 Å². The number of hydrogen-bond acceptors (Lipinski definition) is 11. The zero-order chi connectivity index (χ0) is 31.7. The highest BCUT2D eigenvalue weighted by molar-refractivity contribution is 7.12. The maximum absolute atomic E-state index is 13.6. The molecule has 3 aliphatic rings. The molecular formula is C32H35ClN6O5S. The van der Waals surface area contributed by atoms with Gasteiger partial charge < -0.3 is 19.4 Å². The van der Waals surface area contributed by atoms with Crippen LogP contribution in [0.5, 0.6) is 0 Å². The average molecular weight is 651 g/mol. The highest BCUT2D eigenvalue weighted by Gasteiger charge is 2.33. The molecule has 5 heterocycles. The number of aryl methyl sites for hydroxylation is 1. The van der Waals surface area contributed by atoms with Gasteiger partial charge in [-0.1, -0.05) is 11.6 Å². The normalized spacial score (nSPS) is 19.5. The van der Waals surface area contributed by atoms with Crippen LogP contribution >= 0.6 is 22.9 Å². The lowest BCUT2D eigenvalue weighted by molar-refractivity contribution is -0.161. The van der Waals surface area contributed by atoms with E-state index in [4.69, 9.17) is 26.1 Å². The van der Waals surface area contributed by atoms with Crippen LogP contribution < -0.4 is 21.3 Å². The Bertz CT molecular complexity index is 1740. The Hall–Kier alpha value is -4.00. The summed E-state index contributed by atoms with van der Waals surface area (Å²) >= 11 is 7.67. The third kappa shape index (κ3) is 6.68. The van der Waals surface area contributed by atoms with E-state index < -0.39 is 24.1 Å². The quantitative estimate of drug-likeness (QED) is 0.273. The zero-order valence-electron chi connectivity index (χ0n) is 25.3. The minimum Gasteiger partial charge on any atom is -0.427 e. The summed E-state index contributed by atoms with van der Waals surface area (Å²) in [6, 6.07) is 10.8. The fraction of sp³-hybridized carbons (Fsp3) is 0.406. The molecule has 0 saturated heterocycles. The molecule has 0 radical (unpaired) electrons. The summed E-state index contributed by atoms with van der Waals surface area (Å²) in [4.78, 5) is 47.7. The Morgan fingerprint density at radius 3 is 2.82 bits per heavy atom. The lowest BCUT2D eigenvalue weighted by Crippen LogP contribution is -2.37. The van der Waals surface area contributed by atoms with Gasteiger partial charge >= 0.3 is 11.9 Å². The van der Waals surface area contributed by atoms with Crippen molar-refractivity contribution in [3.05, 3.63) is 73.3 Å². The zero-order valence-corrected chi connectivity index (χ0v) is 26.9. The molecule has 0 amide bonds. The Balaban J connectivity index is 1.14. The van der Waals surface area contributed by atoms with Gasteiger partial charge in [0.05, 0.1) is 29.7 Å². The van der Waals surface area contributed by atoms with Crippen molar-refractivity contribution in [2.24, 2.45) is 15.4 Å². The number of carbonyl (C=O) groups is 2. The van der Waals surface area contributed by atoms with E-state index in [-0.39, 0.29) is 17.6 Å². The molecular weight excluding hydrogens is 616 g/mol. The van der Waals surface area contributed by atoms with E-state index >= 15 is 0 Å². The Kier molecular flexibility index (Phi) is 8.80. The molecule has 0 aliphatic carbocycles. The number of hydrogen-bond donors (Lipinski definition) is 2. The van der Waals surface area contributed by atoms with Crippen LogP contribution in [0.3, 0.4) is 0 Å². The number of rotatable bonds is 7. The highest BCUT2D eigenvalue weighted by Crippen LogP contribution is 2.36. The van der Waals surface area contributed by atoms with Crippen molar-refractivity contribution in [3.63, 3.8) is 0 Å². The molecule has 0 saturated carbocycles. The summed E-state index contributed by atoms with van der Waals surface area (Å²) < 4.78 is 12.0. The van der Waals surface area contributed by atoms with Gasteiger partial charge in [-0.3, -0.25) is 24.6 Å². The molecule has 2 aromatic heterocycles. The van der Waals surface area contributed by atoms with E-state index in [0.29, 0.717) is 16.4 Å². The Labute approximate surface area is 269 Å². The smallest absolute Gasteiger partial charge is 0.351 e. The largest absolute Gasteiger partial charge is 0.427 e. The molecule has 2 atom stereocenters. The first-order valence-electron chi connectivity index (χ1n) is 14.9. The second-order valence-corrected chi connectivity index (χ2v) is 13.6. The SMILES string of the molecule is CC(C)(C)C(=O)OCOC(=O)c1cc(C2CN=C(C3CCc4cc(-c5cc(Cl)ccc5N5C=NCCCN5)cc(=O)n43)N2)cs1. The van der Waals surface area contributed by atoms with E-state index in [1.807, 2.05) is 33.2 Å². The average Bonchev–Trinajstić information content (AvgIpc) is 3.73. The number of amidine groups is 1. The Morgan fingerprint density at radius 1 is 1.16 bits per heavy atom. The number of aliphatic imine (C=N–C) groups is 2. The van der Waals surface area contributed by atoms with Crippen LogP contribution in [0.1, 0.15) is 66.6 Å². The monoisotopic (exact) mass is 650 g/mol. The summed E-state index contributed by atoms with van der Waals surface area (Å²) in [5.74, 6) is -0.243. The molecule has 0 bridgehead atoms. The first-order chi connectivity index (χ1) is 21.6. The first kappa shape index (κ1) is 31.0. The molecule has 3 aromatic rings. The van der Waals surface area contributed by atoms with Crippen molar-refractivity contribution in [2.75, 3.05) is 31.4 Å². The number of nitrogens with one attached hydrogen (secondary N) is 2. The number of nitrogens with zero attached hydrogens (tertiary/aromatic N) is 4. The van der Waals surface area contributed by atoms with Crippen molar-refractivity contribution < 1.29 is 19.1 Å². The van der Waals surface area contributed by atoms with Crippen molar-refractivity contribution >= 4 is 52.7 Å². The molecule has 2 N–H and O–H groups in total. The fourth-order valence-electron chi connectivity index (χ4n) is 5.57. The molecule has 6 rings (SSSR count). The number of thiophene rings is 1. The highest BCUT2D eigenvalue weighted by atomic mass is 35.5. The standard InChI is InChI=1S/C32H35ClN6O5S/c1-32(2,3)31(42)44-18-43-30(41)27-12-20(16-45-27)24-15-35-29(37-24)26-8-6-22-11-19(13-28(40)39(22)26)23-14-21(33)5-7-25(23)38-17-34-9-4-10-36-38/h5,7,11-14,16-17,24,26,36H,4,6,8-10,15,18H2,1-3H3,(H,35,37). The molecule has 11 nitrogen and oxygen atoms in total. The predicted molar refractivity (Wildman–Crippen MR) is 175 cm³/mol. The molecule has 13 heteroatoms. The number of aromatic nitrogens is 1. The van der Waals surface area contributed by atoms with Crippen molar-refractivity contribution in [1.29, 1.82) is 0 Å². The first-order valence-corrected chi connectivity index (χ1v) is 16.2. The second kappa shape index (κ2) is 12.8. The van der Waals surface area contributed by atoms with Crippen LogP contribution in [-0.2, 0) is 20.7 Å². The van der Waals surface area contributed by atoms with Crippen LogP contribution in [-0.4, -0.2) is 55.1 Å². The minimum absolute atomic E-state index is 0.103. The number of esters is 2. The van der Waals surface area contributed by atoms with Gasteiger partial charge in [0.25, 0.3) is 5.56 Å². The second-order valence-electron chi connectivity index (χ2n) is 12.2. The summed E-state index contributed by atoms with van der Waals surface area (Å²) in [6.07, 6.45) is 4.19. The number of fused-ring (bicyclic) bond motifs is 1. The summed E-state index contributed by atoms with van der Waals surface area (Å²) in [7, 11) is 0. The van der Waals surface area contributed by atoms with Gasteiger partial charge in [-0.15, -0.1) is 11.3 Å². The predicted octanol–water partition coefficient (Wildman–Crippen LogP) is 4.91.